The lowest BCUT2D eigenvalue weighted by molar-refractivity contribution is 0.0792. The Kier molecular flexibility index (Phi) is 5.45. The monoisotopic (exact) mass is 380 g/mol. The summed E-state index contributed by atoms with van der Waals surface area (Å²) in [6.07, 6.45) is 2.82. The van der Waals surface area contributed by atoms with E-state index in [1.165, 1.54) is 23.5 Å². The normalized spacial score (nSPS) is 14.8. The number of aryl methyl sites for hydroxylation is 1. The number of amides is 1. The fourth-order valence-corrected chi connectivity index (χ4v) is 4.43. The summed E-state index contributed by atoms with van der Waals surface area (Å²) in [5.41, 5.74) is 0.512. The fraction of sp³-hybridized carbons (Fsp3) is 0.438. The smallest absolute Gasteiger partial charge is 0.253 e. The summed E-state index contributed by atoms with van der Waals surface area (Å²) in [6, 6.07) is 6.05. The number of likely N-dealkylation sites (tertiary alicyclic amines) is 1. The Morgan fingerprint density at radius 1 is 1.16 bits per heavy atom. The lowest BCUT2D eigenvalue weighted by atomic mass is 10.2. The first-order chi connectivity index (χ1) is 12.0. The third-order valence-corrected chi connectivity index (χ3v) is 6.51. The van der Waals surface area contributed by atoms with Crippen LogP contribution in [0.5, 0.6) is 0 Å². The van der Waals surface area contributed by atoms with Gasteiger partial charge in [0.1, 0.15) is 10.0 Å². The zero-order chi connectivity index (χ0) is 17.9. The van der Waals surface area contributed by atoms with E-state index in [-0.39, 0.29) is 17.3 Å². The topological polar surface area (TPSA) is 92.3 Å². The lowest BCUT2D eigenvalue weighted by Gasteiger charge is -2.15. The third-order valence-electron chi connectivity index (χ3n) is 4.03. The highest BCUT2D eigenvalue weighted by molar-refractivity contribution is 7.89. The van der Waals surface area contributed by atoms with Crippen molar-refractivity contribution in [3.63, 3.8) is 0 Å². The summed E-state index contributed by atoms with van der Waals surface area (Å²) in [5, 5.41) is 9.43. The first kappa shape index (κ1) is 18.0. The SMILES string of the molecule is CCc1nnc(CNS(=O)(=O)c2ccc(C(=O)N3CCCC3)cc2)s1. The molecular weight excluding hydrogens is 360 g/mol. The van der Waals surface area contributed by atoms with Gasteiger partial charge >= 0.3 is 0 Å². The van der Waals surface area contributed by atoms with Gasteiger partial charge in [0.2, 0.25) is 10.0 Å². The van der Waals surface area contributed by atoms with Gasteiger partial charge in [0.25, 0.3) is 5.91 Å². The molecule has 1 aromatic carbocycles. The van der Waals surface area contributed by atoms with Crippen LogP contribution in [0.2, 0.25) is 0 Å². The average Bonchev–Trinajstić information content (AvgIpc) is 3.31. The average molecular weight is 380 g/mol. The van der Waals surface area contributed by atoms with E-state index in [0.29, 0.717) is 10.6 Å². The van der Waals surface area contributed by atoms with Crippen molar-refractivity contribution in [3.05, 3.63) is 39.8 Å². The van der Waals surface area contributed by atoms with E-state index in [1.54, 1.807) is 17.0 Å². The molecule has 25 heavy (non-hydrogen) atoms. The van der Waals surface area contributed by atoms with E-state index in [9.17, 15) is 13.2 Å². The number of aromatic nitrogens is 2. The molecule has 1 aromatic heterocycles. The third kappa shape index (κ3) is 4.23. The number of sulfonamides is 1. The number of nitrogens with one attached hydrogen (secondary N) is 1. The number of carbonyl (C=O) groups excluding carboxylic acids is 1. The minimum Gasteiger partial charge on any atom is -0.339 e. The summed E-state index contributed by atoms with van der Waals surface area (Å²) in [6.45, 7) is 3.61. The molecule has 2 heterocycles. The maximum atomic E-state index is 12.4. The first-order valence-corrected chi connectivity index (χ1v) is 10.5. The molecule has 1 saturated heterocycles. The Morgan fingerprint density at radius 3 is 2.40 bits per heavy atom. The number of hydrogen-bond donors (Lipinski definition) is 1. The molecule has 7 nitrogen and oxygen atoms in total. The highest BCUT2D eigenvalue weighted by Gasteiger charge is 2.21. The molecule has 1 fully saturated rings. The van der Waals surface area contributed by atoms with Crippen LogP contribution in [0.25, 0.3) is 0 Å². The summed E-state index contributed by atoms with van der Waals surface area (Å²) < 4.78 is 27.3. The Morgan fingerprint density at radius 2 is 1.80 bits per heavy atom. The van der Waals surface area contributed by atoms with Crippen molar-refractivity contribution < 1.29 is 13.2 Å². The Bertz CT molecular complexity index is 841. The molecule has 1 amide bonds. The van der Waals surface area contributed by atoms with E-state index in [4.69, 9.17) is 0 Å². The van der Waals surface area contributed by atoms with Crippen LogP contribution in [-0.2, 0) is 23.0 Å². The predicted octanol–water partition coefficient (Wildman–Crippen LogP) is 1.81. The van der Waals surface area contributed by atoms with Crippen molar-refractivity contribution in [1.82, 2.24) is 19.8 Å². The zero-order valence-electron chi connectivity index (χ0n) is 13.9. The van der Waals surface area contributed by atoms with Crippen molar-refractivity contribution in [2.75, 3.05) is 13.1 Å². The summed E-state index contributed by atoms with van der Waals surface area (Å²) in [7, 11) is -3.65. The number of nitrogens with zero attached hydrogens (tertiary/aromatic N) is 3. The minimum absolute atomic E-state index is 0.0460. The molecule has 0 bridgehead atoms. The number of carbonyl (C=O) groups is 1. The van der Waals surface area contributed by atoms with Crippen molar-refractivity contribution >= 4 is 27.3 Å². The van der Waals surface area contributed by atoms with Crippen LogP contribution in [0.3, 0.4) is 0 Å². The van der Waals surface area contributed by atoms with Gasteiger partial charge in [-0.25, -0.2) is 13.1 Å². The summed E-state index contributed by atoms with van der Waals surface area (Å²) in [4.78, 5) is 14.2. The molecule has 1 aliphatic rings. The van der Waals surface area contributed by atoms with E-state index in [2.05, 4.69) is 14.9 Å². The molecule has 0 saturated carbocycles. The number of hydrogen-bond acceptors (Lipinski definition) is 6. The molecular formula is C16H20N4O3S2. The van der Waals surface area contributed by atoms with E-state index in [1.807, 2.05) is 6.92 Å². The van der Waals surface area contributed by atoms with Gasteiger partial charge in [-0.2, -0.15) is 0 Å². The molecule has 1 aliphatic heterocycles. The second-order valence-electron chi connectivity index (χ2n) is 5.79. The minimum atomic E-state index is -3.65. The van der Waals surface area contributed by atoms with Gasteiger partial charge in [0.15, 0.2) is 0 Å². The van der Waals surface area contributed by atoms with Gasteiger partial charge in [0.05, 0.1) is 11.4 Å². The Labute approximate surface area is 151 Å². The quantitative estimate of drug-likeness (QED) is 0.825. The van der Waals surface area contributed by atoms with Gasteiger partial charge in [0, 0.05) is 18.7 Å². The van der Waals surface area contributed by atoms with Crippen LogP contribution < -0.4 is 4.72 Å². The van der Waals surface area contributed by atoms with Crippen LogP contribution >= 0.6 is 11.3 Å². The maximum absolute atomic E-state index is 12.4. The second kappa shape index (κ2) is 7.59. The van der Waals surface area contributed by atoms with Crippen LogP contribution in [-0.4, -0.2) is 42.5 Å². The zero-order valence-corrected chi connectivity index (χ0v) is 15.6. The molecule has 0 atom stereocenters. The number of rotatable bonds is 6. The van der Waals surface area contributed by atoms with Crippen molar-refractivity contribution in [1.29, 1.82) is 0 Å². The number of benzene rings is 1. The summed E-state index contributed by atoms with van der Waals surface area (Å²) >= 11 is 1.39. The first-order valence-electron chi connectivity index (χ1n) is 8.20. The van der Waals surface area contributed by atoms with Crippen LogP contribution in [0.4, 0.5) is 0 Å². The molecule has 0 spiro atoms. The molecule has 0 aliphatic carbocycles. The highest BCUT2D eigenvalue weighted by atomic mass is 32.2. The molecule has 9 heteroatoms. The molecule has 1 N–H and O–H groups in total. The largest absolute Gasteiger partial charge is 0.339 e. The van der Waals surface area contributed by atoms with Crippen LogP contribution in [0.1, 0.15) is 40.1 Å². The lowest BCUT2D eigenvalue weighted by Crippen LogP contribution is -2.27. The second-order valence-corrected chi connectivity index (χ2v) is 8.70. The van der Waals surface area contributed by atoms with Crippen molar-refractivity contribution in [2.45, 2.75) is 37.6 Å². The fourth-order valence-electron chi connectivity index (χ4n) is 2.62. The van der Waals surface area contributed by atoms with Crippen LogP contribution in [0, 0.1) is 0 Å². The van der Waals surface area contributed by atoms with Gasteiger partial charge in [-0.3, -0.25) is 4.79 Å². The van der Waals surface area contributed by atoms with E-state index < -0.39 is 10.0 Å². The van der Waals surface area contributed by atoms with E-state index >= 15 is 0 Å². The van der Waals surface area contributed by atoms with Gasteiger partial charge in [-0.05, 0) is 43.5 Å². The molecule has 0 unspecified atom stereocenters. The van der Waals surface area contributed by atoms with Gasteiger partial charge in [-0.1, -0.05) is 6.92 Å². The van der Waals surface area contributed by atoms with Crippen molar-refractivity contribution in [2.24, 2.45) is 0 Å². The Balaban J connectivity index is 1.66. The van der Waals surface area contributed by atoms with Gasteiger partial charge < -0.3 is 4.90 Å². The summed E-state index contributed by atoms with van der Waals surface area (Å²) in [5.74, 6) is -0.0460. The van der Waals surface area contributed by atoms with Gasteiger partial charge in [-0.15, -0.1) is 21.5 Å². The maximum Gasteiger partial charge on any atom is 0.253 e. The highest BCUT2D eigenvalue weighted by Crippen LogP contribution is 2.16. The molecule has 0 radical (unpaired) electrons. The Hall–Kier alpha value is -1.84. The van der Waals surface area contributed by atoms with Crippen molar-refractivity contribution in [3.8, 4) is 0 Å². The molecule has 3 rings (SSSR count). The predicted molar refractivity (Wildman–Crippen MR) is 94.9 cm³/mol. The standard InChI is InChI=1S/C16H20N4O3S2/c1-2-14-18-19-15(24-14)11-17-25(22,23)13-7-5-12(6-8-13)16(21)20-9-3-4-10-20/h5-8,17H,2-4,9-11H2,1H3. The van der Waals surface area contributed by atoms with Crippen LogP contribution in [0.15, 0.2) is 29.2 Å². The molecule has 134 valence electrons. The van der Waals surface area contributed by atoms with E-state index in [0.717, 1.165) is 37.4 Å². The molecule has 2 aromatic rings.